The van der Waals surface area contributed by atoms with Crippen LogP contribution < -0.4 is 5.69 Å². The summed E-state index contributed by atoms with van der Waals surface area (Å²) in [6.07, 6.45) is 3.81. The number of aldehydes is 1. The maximum absolute atomic E-state index is 13.4. The summed E-state index contributed by atoms with van der Waals surface area (Å²) in [5, 5.41) is 9.95. The Kier molecular flexibility index (Phi) is 3.95. The van der Waals surface area contributed by atoms with Crippen LogP contribution in [0.5, 0.6) is 5.88 Å². The van der Waals surface area contributed by atoms with Crippen LogP contribution in [0.3, 0.4) is 0 Å². The lowest BCUT2D eigenvalue weighted by Gasteiger charge is -2.06. The number of carbonyl (C=O) groups excluding carboxylic acids is 1. The molecule has 0 unspecified atom stereocenters. The number of nitrogens with zero attached hydrogens (tertiary/aromatic N) is 2. The number of benzene rings is 2. The molecule has 0 spiro atoms. The average Bonchev–Trinajstić information content (AvgIpc) is 3.43. The predicted octanol–water partition coefficient (Wildman–Crippen LogP) is 3.36. The molecule has 0 bridgehead atoms. The minimum absolute atomic E-state index is 0.00169. The fourth-order valence-corrected chi connectivity index (χ4v) is 3.10. The van der Waals surface area contributed by atoms with E-state index in [0.29, 0.717) is 12.8 Å². The van der Waals surface area contributed by atoms with E-state index in [-0.39, 0.29) is 23.2 Å². The van der Waals surface area contributed by atoms with Gasteiger partial charge in [0.2, 0.25) is 5.88 Å². The third kappa shape index (κ3) is 2.94. The monoisotopic (exact) mass is 352 g/mol. The zero-order valence-electron chi connectivity index (χ0n) is 13.9. The molecule has 1 saturated carbocycles. The summed E-state index contributed by atoms with van der Waals surface area (Å²) in [6, 6.07) is 12.0. The van der Waals surface area contributed by atoms with E-state index >= 15 is 0 Å². The topological polar surface area (TPSA) is 64.2 Å². The molecule has 1 aromatic heterocycles. The molecule has 0 aliphatic heterocycles. The SMILES string of the molecule is O=Cc1cc(-c2ccc(Cn3cc(O)n(C4CC4)c3=O)cc2)ccc1F. The zero-order valence-corrected chi connectivity index (χ0v) is 13.9. The van der Waals surface area contributed by atoms with E-state index in [1.165, 1.54) is 27.5 Å². The molecule has 1 fully saturated rings. The normalized spacial score (nSPS) is 13.7. The van der Waals surface area contributed by atoms with Crippen LogP contribution in [0.25, 0.3) is 11.1 Å². The molecule has 2 aromatic carbocycles. The molecule has 1 aliphatic carbocycles. The second kappa shape index (κ2) is 6.29. The third-order valence-corrected chi connectivity index (χ3v) is 4.65. The van der Waals surface area contributed by atoms with Crippen LogP contribution in [0.2, 0.25) is 0 Å². The van der Waals surface area contributed by atoms with Gasteiger partial charge in [-0.3, -0.25) is 13.9 Å². The molecule has 6 heteroatoms. The molecule has 4 rings (SSSR count). The van der Waals surface area contributed by atoms with Crippen molar-refractivity contribution >= 4 is 6.29 Å². The lowest BCUT2D eigenvalue weighted by atomic mass is 10.0. The summed E-state index contributed by atoms with van der Waals surface area (Å²) >= 11 is 0. The van der Waals surface area contributed by atoms with Gasteiger partial charge < -0.3 is 5.11 Å². The Morgan fingerprint density at radius 2 is 1.81 bits per heavy atom. The van der Waals surface area contributed by atoms with Gasteiger partial charge >= 0.3 is 5.69 Å². The summed E-state index contributed by atoms with van der Waals surface area (Å²) in [5.41, 5.74) is 2.32. The van der Waals surface area contributed by atoms with Gasteiger partial charge in [0.25, 0.3) is 0 Å². The van der Waals surface area contributed by atoms with E-state index in [4.69, 9.17) is 0 Å². The molecule has 5 nitrogen and oxygen atoms in total. The highest BCUT2D eigenvalue weighted by Crippen LogP contribution is 2.36. The average molecular weight is 352 g/mol. The number of rotatable bonds is 5. The van der Waals surface area contributed by atoms with Crippen molar-refractivity contribution < 1.29 is 14.3 Å². The Labute approximate surface area is 148 Å². The second-order valence-corrected chi connectivity index (χ2v) is 6.55. The number of halogens is 1. The van der Waals surface area contributed by atoms with Crippen LogP contribution in [-0.4, -0.2) is 20.5 Å². The van der Waals surface area contributed by atoms with Crippen LogP contribution in [0.4, 0.5) is 4.39 Å². The van der Waals surface area contributed by atoms with Crippen LogP contribution in [-0.2, 0) is 6.54 Å². The standard InChI is InChI=1S/C20H17FN2O3/c21-18-8-5-15(9-16(18)12-24)14-3-1-13(2-4-14)10-22-11-19(25)23(20(22)26)17-6-7-17/h1-5,8-9,11-12,17,25H,6-7,10H2. The lowest BCUT2D eigenvalue weighted by Crippen LogP contribution is -2.23. The molecule has 0 atom stereocenters. The van der Waals surface area contributed by atoms with Gasteiger partial charge in [0, 0.05) is 6.04 Å². The Morgan fingerprint density at radius 1 is 1.12 bits per heavy atom. The van der Waals surface area contributed by atoms with Gasteiger partial charge in [0.1, 0.15) is 5.82 Å². The smallest absolute Gasteiger partial charge is 0.331 e. The molecule has 132 valence electrons. The molecule has 1 N–H and O–H groups in total. The first-order chi connectivity index (χ1) is 12.6. The molecule has 0 radical (unpaired) electrons. The molecule has 3 aromatic rings. The molecular formula is C20H17FN2O3. The molecule has 0 saturated heterocycles. The predicted molar refractivity (Wildman–Crippen MR) is 95.0 cm³/mol. The number of aromatic nitrogens is 2. The van der Waals surface area contributed by atoms with E-state index in [9.17, 15) is 19.1 Å². The van der Waals surface area contributed by atoms with Gasteiger partial charge in [0.05, 0.1) is 18.3 Å². The van der Waals surface area contributed by atoms with Crippen molar-refractivity contribution in [1.29, 1.82) is 0 Å². The largest absolute Gasteiger partial charge is 0.493 e. The quantitative estimate of drug-likeness (QED) is 0.716. The van der Waals surface area contributed by atoms with Crippen molar-refractivity contribution in [2.45, 2.75) is 25.4 Å². The highest BCUT2D eigenvalue weighted by molar-refractivity contribution is 5.79. The molecular weight excluding hydrogens is 335 g/mol. The summed E-state index contributed by atoms with van der Waals surface area (Å²) in [5.74, 6) is -0.540. The van der Waals surface area contributed by atoms with E-state index in [0.717, 1.165) is 29.5 Å². The summed E-state index contributed by atoms with van der Waals surface area (Å²) in [4.78, 5) is 23.3. The van der Waals surface area contributed by atoms with Crippen LogP contribution in [0.1, 0.15) is 34.8 Å². The first kappa shape index (κ1) is 16.3. The number of aromatic hydroxyl groups is 1. The van der Waals surface area contributed by atoms with E-state index < -0.39 is 5.82 Å². The van der Waals surface area contributed by atoms with Crippen molar-refractivity contribution in [2.75, 3.05) is 0 Å². The zero-order chi connectivity index (χ0) is 18.3. The van der Waals surface area contributed by atoms with E-state index in [2.05, 4.69) is 0 Å². The molecule has 0 amide bonds. The molecule has 1 aliphatic rings. The number of carbonyl (C=O) groups is 1. The third-order valence-electron chi connectivity index (χ3n) is 4.65. The highest BCUT2D eigenvalue weighted by Gasteiger charge is 2.28. The van der Waals surface area contributed by atoms with Gasteiger partial charge in [-0.15, -0.1) is 0 Å². The van der Waals surface area contributed by atoms with Crippen molar-refractivity contribution in [2.24, 2.45) is 0 Å². The van der Waals surface area contributed by atoms with E-state index in [1.807, 2.05) is 24.3 Å². The Bertz CT molecular complexity index is 1030. The summed E-state index contributed by atoms with van der Waals surface area (Å²) in [6.45, 7) is 0.357. The first-order valence-corrected chi connectivity index (χ1v) is 8.41. The minimum atomic E-state index is -0.542. The van der Waals surface area contributed by atoms with Crippen molar-refractivity contribution in [3.05, 3.63) is 76.1 Å². The van der Waals surface area contributed by atoms with Gasteiger partial charge in [-0.05, 0) is 41.7 Å². The van der Waals surface area contributed by atoms with Gasteiger partial charge in [-0.25, -0.2) is 9.18 Å². The lowest BCUT2D eigenvalue weighted by molar-refractivity contribution is 0.112. The molecule has 1 heterocycles. The number of hydrogen-bond acceptors (Lipinski definition) is 3. The van der Waals surface area contributed by atoms with Gasteiger partial charge in [-0.1, -0.05) is 30.3 Å². The van der Waals surface area contributed by atoms with Crippen LogP contribution in [0.15, 0.2) is 53.5 Å². The summed E-state index contributed by atoms with van der Waals surface area (Å²) in [7, 11) is 0. The molecule has 26 heavy (non-hydrogen) atoms. The second-order valence-electron chi connectivity index (χ2n) is 6.55. The van der Waals surface area contributed by atoms with Crippen molar-refractivity contribution in [3.63, 3.8) is 0 Å². The Hall–Kier alpha value is -3.15. The number of imidazole rings is 1. The maximum Gasteiger partial charge on any atom is 0.331 e. The van der Waals surface area contributed by atoms with Gasteiger partial charge in [-0.2, -0.15) is 0 Å². The fourth-order valence-electron chi connectivity index (χ4n) is 3.10. The van der Waals surface area contributed by atoms with Crippen molar-refractivity contribution in [1.82, 2.24) is 9.13 Å². The Balaban J connectivity index is 1.58. The van der Waals surface area contributed by atoms with Crippen LogP contribution >= 0.6 is 0 Å². The van der Waals surface area contributed by atoms with Crippen molar-refractivity contribution in [3.8, 4) is 17.0 Å². The summed E-state index contributed by atoms with van der Waals surface area (Å²) < 4.78 is 16.4. The van der Waals surface area contributed by atoms with Crippen LogP contribution in [0, 0.1) is 5.82 Å². The highest BCUT2D eigenvalue weighted by atomic mass is 19.1. The maximum atomic E-state index is 13.4. The van der Waals surface area contributed by atoms with E-state index in [1.54, 1.807) is 6.07 Å². The van der Waals surface area contributed by atoms with Gasteiger partial charge in [0.15, 0.2) is 6.29 Å². The first-order valence-electron chi connectivity index (χ1n) is 8.41. The minimum Gasteiger partial charge on any atom is -0.493 e. The number of hydrogen-bond donors (Lipinski definition) is 1. The Morgan fingerprint density at radius 3 is 2.46 bits per heavy atom. The fraction of sp³-hybridized carbons (Fsp3) is 0.200.